The van der Waals surface area contributed by atoms with E-state index < -0.39 is 0 Å². The number of methoxy groups -OCH3 is 1. The van der Waals surface area contributed by atoms with E-state index in [1.807, 2.05) is 18.5 Å². The van der Waals surface area contributed by atoms with E-state index in [4.69, 9.17) is 4.74 Å². The third-order valence-electron chi connectivity index (χ3n) is 1.61. The molecule has 1 aromatic heterocycles. The molecule has 0 fully saturated rings. The summed E-state index contributed by atoms with van der Waals surface area (Å²) in [5, 5.41) is 0. The molecule has 0 aromatic carbocycles. The fraction of sp³-hybridized carbons (Fsp3) is 0.571. The number of hydrogen-bond donors (Lipinski definition) is 0. The van der Waals surface area contributed by atoms with Gasteiger partial charge in [-0.05, 0) is 6.92 Å². The van der Waals surface area contributed by atoms with Crippen molar-refractivity contribution in [3.8, 4) is 0 Å². The fourth-order valence-corrected chi connectivity index (χ4v) is 0.818. The second-order valence-corrected chi connectivity index (χ2v) is 2.32. The molecular weight excluding hydrogens is 128 g/mol. The quantitative estimate of drug-likeness (QED) is 0.609. The molecule has 0 bridgehead atoms. The van der Waals surface area contributed by atoms with Gasteiger partial charge in [-0.1, -0.05) is 0 Å². The Labute approximate surface area is 60.6 Å². The molecule has 0 unspecified atom stereocenters. The SMILES string of the molecule is COCc1ncn(C)c1C. The minimum absolute atomic E-state index is 0.604. The summed E-state index contributed by atoms with van der Waals surface area (Å²) in [6.45, 7) is 2.63. The molecule has 0 amide bonds. The normalized spacial score (nSPS) is 10.3. The molecule has 1 rings (SSSR count). The van der Waals surface area contributed by atoms with E-state index in [1.165, 1.54) is 5.69 Å². The minimum Gasteiger partial charge on any atom is -0.378 e. The van der Waals surface area contributed by atoms with E-state index in [2.05, 4.69) is 4.98 Å². The second kappa shape index (κ2) is 2.84. The van der Waals surface area contributed by atoms with Gasteiger partial charge in [-0.25, -0.2) is 4.98 Å². The third kappa shape index (κ3) is 1.19. The second-order valence-electron chi connectivity index (χ2n) is 2.32. The molecule has 3 heteroatoms. The first kappa shape index (κ1) is 7.28. The van der Waals surface area contributed by atoms with Crippen molar-refractivity contribution in [1.29, 1.82) is 0 Å². The molecule has 0 aliphatic heterocycles. The Kier molecular flexibility index (Phi) is 2.06. The zero-order valence-corrected chi connectivity index (χ0v) is 6.59. The number of nitrogens with zero attached hydrogens (tertiary/aromatic N) is 2. The molecule has 3 nitrogen and oxygen atoms in total. The summed E-state index contributed by atoms with van der Waals surface area (Å²) in [5.74, 6) is 0. The molecule has 0 N–H and O–H groups in total. The molecule has 0 aliphatic rings. The van der Waals surface area contributed by atoms with Crippen LogP contribution in [0, 0.1) is 6.92 Å². The molecule has 1 heterocycles. The van der Waals surface area contributed by atoms with Gasteiger partial charge in [0.25, 0.3) is 0 Å². The van der Waals surface area contributed by atoms with E-state index in [0.717, 1.165) is 5.69 Å². The summed E-state index contributed by atoms with van der Waals surface area (Å²) in [5.41, 5.74) is 2.19. The van der Waals surface area contributed by atoms with Crippen LogP contribution in [-0.2, 0) is 18.4 Å². The Morgan fingerprint density at radius 2 is 2.40 bits per heavy atom. The Balaban J connectivity index is 2.83. The lowest BCUT2D eigenvalue weighted by Crippen LogP contribution is -1.93. The number of imidazole rings is 1. The van der Waals surface area contributed by atoms with Gasteiger partial charge in [-0.3, -0.25) is 0 Å². The maximum absolute atomic E-state index is 4.95. The summed E-state index contributed by atoms with van der Waals surface area (Å²) in [4.78, 5) is 4.14. The van der Waals surface area contributed by atoms with E-state index in [0.29, 0.717) is 6.61 Å². The van der Waals surface area contributed by atoms with Crippen molar-refractivity contribution in [2.75, 3.05) is 7.11 Å². The molecule has 0 saturated carbocycles. The molecule has 1 aromatic rings. The first-order chi connectivity index (χ1) is 4.75. The minimum atomic E-state index is 0.604. The van der Waals surface area contributed by atoms with E-state index in [9.17, 15) is 0 Å². The van der Waals surface area contributed by atoms with Crippen molar-refractivity contribution < 1.29 is 4.74 Å². The average Bonchev–Trinajstić information content (AvgIpc) is 2.20. The van der Waals surface area contributed by atoms with Crippen LogP contribution >= 0.6 is 0 Å². The van der Waals surface area contributed by atoms with Gasteiger partial charge in [0.05, 0.1) is 18.6 Å². The highest BCUT2D eigenvalue weighted by Crippen LogP contribution is 2.03. The van der Waals surface area contributed by atoms with E-state index in [-0.39, 0.29) is 0 Å². The summed E-state index contributed by atoms with van der Waals surface area (Å²) in [6.07, 6.45) is 1.80. The van der Waals surface area contributed by atoms with Gasteiger partial charge >= 0.3 is 0 Å². The van der Waals surface area contributed by atoms with Crippen LogP contribution < -0.4 is 0 Å². The summed E-state index contributed by atoms with van der Waals surface area (Å²) < 4.78 is 6.93. The van der Waals surface area contributed by atoms with E-state index in [1.54, 1.807) is 13.4 Å². The van der Waals surface area contributed by atoms with Crippen LogP contribution in [0.2, 0.25) is 0 Å². The lowest BCUT2D eigenvalue weighted by Gasteiger charge is -1.96. The number of hydrogen-bond acceptors (Lipinski definition) is 2. The predicted octanol–water partition coefficient (Wildman–Crippen LogP) is 0.875. The largest absolute Gasteiger partial charge is 0.378 e. The topological polar surface area (TPSA) is 27.1 Å². The van der Waals surface area contributed by atoms with Gasteiger partial charge in [-0.15, -0.1) is 0 Å². The van der Waals surface area contributed by atoms with Crippen LogP contribution in [0.3, 0.4) is 0 Å². The fourth-order valence-electron chi connectivity index (χ4n) is 0.818. The molecule has 0 spiro atoms. The van der Waals surface area contributed by atoms with Gasteiger partial charge in [0.2, 0.25) is 0 Å². The van der Waals surface area contributed by atoms with Crippen molar-refractivity contribution in [2.45, 2.75) is 13.5 Å². The molecule has 10 heavy (non-hydrogen) atoms. The summed E-state index contributed by atoms with van der Waals surface area (Å²) in [6, 6.07) is 0. The van der Waals surface area contributed by atoms with Gasteiger partial charge in [0, 0.05) is 19.9 Å². The van der Waals surface area contributed by atoms with Crippen molar-refractivity contribution in [1.82, 2.24) is 9.55 Å². The van der Waals surface area contributed by atoms with Crippen LogP contribution in [0.4, 0.5) is 0 Å². The molecule has 0 atom stereocenters. The van der Waals surface area contributed by atoms with Crippen molar-refractivity contribution in [3.05, 3.63) is 17.7 Å². The maximum Gasteiger partial charge on any atom is 0.0950 e. The first-order valence-electron chi connectivity index (χ1n) is 3.21. The van der Waals surface area contributed by atoms with E-state index >= 15 is 0 Å². The zero-order chi connectivity index (χ0) is 7.56. The van der Waals surface area contributed by atoms with Gasteiger partial charge < -0.3 is 9.30 Å². The molecule has 0 radical (unpaired) electrons. The Morgan fingerprint density at radius 3 is 2.80 bits per heavy atom. The summed E-state index contributed by atoms with van der Waals surface area (Å²) >= 11 is 0. The highest BCUT2D eigenvalue weighted by molar-refractivity contribution is 5.09. The Hall–Kier alpha value is -0.830. The zero-order valence-electron chi connectivity index (χ0n) is 6.59. The number of ether oxygens (including phenoxy) is 1. The highest BCUT2D eigenvalue weighted by Gasteiger charge is 2.01. The third-order valence-corrected chi connectivity index (χ3v) is 1.61. The lowest BCUT2D eigenvalue weighted by atomic mass is 10.4. The maximum atomic E-state index is 4.95. The highest BCUT2D eigenvalue weighted by atomic mass is 16.5. The van der Waals surface area contributed by atoms with Crippen molar-refractivity contribution in [3.63, 3.8) is 0 Å². The van der Waals surface area contributed by atoms with Crippen molar-refractivity contribution in [2.24, 2.45) is 7.05 Å². The molecule has 0 aliphatic carbocycles. The molecule has 0 saturated heterocycles. The van der Waals surface area contributed by atoms with Crippen LogP contribution in [0.1, 0.15) is 11.4 Å². The van der Waals surface area contributed by atoms with Crippen molar-refractivity contribution >= 4 is 0 Å². The van der Waals surface area contributed by atoms with Crippen LogP contribution in [0.15, 0.2) is 6.33 Å². The number of rotatable bonds is 2. The van der Waals surface area contributed by atoms with Crippen LogP contribution in [-0.4, -0.2) is 16.7 Å². The van der Waals surface area contributed by atoms with Crippen LogP contribution in [0.25, 0.3) is 0 Å². The smallest absolute Gasteiger partial charge is 0.0950 e. The predicted molar refractivity (Wildman–Crippen MR) is 38.7 cm³/mol. The lowest BCUT2D eigenvalue weighted by molar-refractivity contribution is 0.181. The van der Waals surface area contributed by atoms with Gasteiger partial charge in [0.15, 0.2) is 0 Å². The molecule has 56 valence electrons. The van der Waals surface area contributed by atoms with Gasteiger partial charge in [0.1, 0.15) is 0 Å². The number of aryl methyl sites for hydroxylation is 1. The summed E-state index contributed by atoms with van der Waals surface area (Å²) in [7, 11) is 3.65. The average molecular weight is 140 g/mol. The standard InChI is InChI=1S/C7H12N2O/c1-6-7(4-10-3)8-5-9(6)2/h5H,4H2,1-3H3. The number of aromatic nitrogens is 2. The first-order valence-corrected chi connectivity index (χ1v) is 3.21. The molecular formula is C7H12N2O. The monoisotopic (exact) mass is 140 g/mol. The van der Waals surface area contributed by atoms with Crippen LogP contribution in [0.5, 0.6) is 0 Å². The Morgan fingerprint density at radius 1 is 1.70 bits per heavy atom. The van der Waals surface area contributed by atoms with Gasteiger partial charge in [-0.2, -0.15) is 0 Å². The Bertz CT molecular complexity index is 217.